The molecule has 2 amide bonds. The van der Waals surface area contributed by atoms with E-state index in [9.17, 15) is 9.59 Å². The van der Waals surface area contributed by atoms with Crippen molar-refractivity contribution >= 4 is 11.8 Å². The Morgan fingerprint density at radius 3 is 2.22 bits per heavy atom. The van der Waals surface area contributed by atoms with Gasteiger partial charge in [0, 0.05) is 6.04 Å². The maximum absolute atomic E-state index is 12.8. The molecule has 1 N–H and O–H groups in total. The summed E-state index contributed by atoms with van der Waals surface area (Å²) in [4.78, 5) is 26.9. The van der Waals surface area contributed by atoms with Gasteiger partial charge in [-0.05, 0) is 38.5 Å². The van der Waals surface area contributed by atoms with Gasteiger partial charge in [-0.2, -0.15) is 0 Å². The molecule has 1 heterocycles. The second kappa shape index (κ2) is 4.90. The van der Waals surface area contributed by atoms with Crippen molar-refractivity contribution in [1.29, 1.82) is 0 Å². The van der Waals surface area contributed by atoms with Crippen LogP contribution in [0.1, 0.15) is 59.3 Å². The number of nitrogens with zero attached hydrogens (tertiary/aromatic N) is 1. The Kier molecular flexibility index (Phi) is 3.64. The van der Waals surface area contributed by atoms with Crippen LogP contribution in [0.15, 0.2) is 0 Å². The second-order valence-electron chi connectivity index (χ2n) is 5.50. The molecule has 0 aromatic carbocycles. The van der Waals surface area contributed by atoms with Crippen LogP contribution in [-0.4, -0.2) is 34.3 Å². The molecule has 0 spiro atoms. The van der Waals surface area contributed by atoms with Crippen LogP contribution in [0.3, 0.4) is 0 Å². The lowest BCUT2D eigenvalue weighted by molar-refractivity contribution is -0.160. The highest BCUT2D eigenvalue weighted by atomic mass is 16.2. The van der Waals surface area contributed by atoms with Gasteiger partial charge in [0.1, 0.15) is 11.6 Å². The van der Waals surface area contributed by atoms with Gasteiger partial charge in [-0.1, -0.05) is 20.8 Å². The topological polar surface area (TPSA) is 49.4 Å². The summed E-state index contributed by atoms with van der Waals surface area (Å²) in [6.07, 6.45) is 5.34. The summed E-state index contributed by atoms with van der Waals surface area (Å²) in [7, 11) is 0. The summed E-state index contributed by atoms with van der Waals surface area (Å²) < 4.78 is 0. The molecular formula is C14H24N2O2. The first-order valence-electron chi connectivity index (χ1n) is 7.24. The Balaban J connectivity index is 2.31. The van der Waals surface area contributed by atoms with Crippen LogP contribution < -0.4 is 5.32 Å². The van der Waals surface area contributed by atoms with Crippen LogP contribution in [-0.2, 0) is 9.59 Å². The first-order chi connectivity index (χ1) is 8.59. The minimum absolute atomic E-state index is 0.0349. The van der Waals surface area contributed by atoms with Gasteiger partial charge in [0.25, 0.3) is 0 Å². The van der Waals surface area contributed by atoms with Gasteiger partial charge in [0.2, 0.25) is 11.8 Å². The Labute approximate surface area is 109 Å². The van der Waals surface area contributed by atoms with E-state index in [1.807, 2.05) is 25.7 Å². The molecule has 2 aliphatic rings. The number of piperazine rings is 1. The number of rotatable bonds is 4. The molecule has 2 fully saturated rings. The standard InChI is InChI=1S/C14H24N2O2/c1-4-11-12(17)15-14(5-2,6-3)13(18)16(11)10-8-7-9-10/h10-11H,4-9H2,1-3H3,(H,15,17). The Morgan fingerprint density at radius 1 is 1.22 bits per heavy atom. The molecule has 1 aliphatic heterocycles. The lowest BCUT2D eigenvalue weighted by Gasteiger charge is -2.50. The van der Waals surface area contributed by atoms with Crippen molar-refractivity contribution < 1.29 is 9.59 Å². The van der Waals surface area contributed by atoms with Gasteiger partial charge in [0.05, 0.1) is 0 Å². The normalized spacial score (nSPS) is 27.9. The molecule has 1 aliphatic carbocycles. The van der Waals surface area contributed by atoms with E-state index in [1.165, 1.54) is 6.42 Å². The van der Waals surface area contributed by atoms with E-state index in [0.717, 1.165) is 12.8 Å². The summed E-state index contributed by atoms with van der Waals surface area (Å²) in [5, 5.41) is 2.98. The van der Waals surface area contributed by atoms with Crippen molar-refractivity contribution in [2.75, 3.05) is 0 Å². The van der Waals surface area contributed by atoms with E-state index >= 15 is 0 Å². The molecule has 1 saturated heterocycles. The highest BCUT2D eigenvalue weighted by Crippen LogP contribution is 2.34. The van der Waals surface area contributed by atoms with Crippen LogP contribution in [0.2, 0.25) is 0 Å². The van der Waals surface area contributed by atoms with E-state index in [2.05, 4.69) is 5.32 Å². The number of hydrogen-bond donors (Lipinski definition) is 1. The van der Waals surface area contributed by atoms with E-state index in [1.54, 1.807) is 0 Å². The molecule has 4 heteroatoms. The molecule has 2 rings (SSSR count). The maximum atomic E-state index is 12.8. The van der Waals surface area contributed by atoms with E-state index in [4.69, 9.17) is 0 Å². The SMILES string of the molecule is CCC1C(=O)NC(CC)(CC)C(=O)N1C1CCC1. The smallest absolute Gasteiger partial charge is 0.249 e. The highest BCUT2D eigenvalue weighted by molar-refractivity contribution is 6.00. The number of nitrogens with one attached hydrogen (secondary N) is 1. The minimum Gasteiger partial charge on any atom is -0.340 e. The average Bonchev–Trinajstić information content (AvgIpc) is 2.31. The maximum Gasteiger partial charge on any atom is 0.249 e. The lowest BCUT2D eigenvalue weighted by Crippen LogP contribution is -2.72. The summed E-state index contributed by atoms with van der Waals surface area (Å²) in [5.74, 6) is 0.177. The molecule has 0 aromatic heterocycles. The molecule has 1 saturated carbocycles. The molecular weight excluding hydrogens is 228 g/mol. The molecule has 0 aromatic rings. The van der Waals surface area contributed by atoms with Crippen molar-refractivity contribution in [3.8, 4) is 0 Å². The van der Waals surface area contributed by atoms with E-state index < -0.39 is 5.54 Å². The fourth-order valence-electron chi connectivity index (χ4n) is 3.08. The molecule has 102 valence electrons. The van der Waals surface area contributed by atoms with E-state index in [-0.39, 0.29) is 17.9 Å². The van der Waals surface area contributed by atoms with Crippen molar-refractivity contribution in [3.05, 3.63) is 0 Å². The van der Waals surface area contributed by atoms with Crippen molar-refractivity contribution in [1.82, 2.24) is 10.2 Å². The van der Waals surface area contributed by atoms with Gasteiger partial charge in [-0.15, -0.1) is 0 Å². The largest absolute Gasteiger partial charge is 0.340 e. The van der Waals surface area contributed by atoms with Crippen LogP contribution in [0.4, 0.5) is 0 Å². The number of carbonyl (C=O) groups excluding carboxylic acids is 2. The zero-order chi connectivity index (χ0) is 13.3. The fraction of sp³-hybridized carbons (Fsp3) is 0.857. The van der Waals surface area contributed by atoms with Crippen LogP contribution in [0.5, 0.6) is 0 Å². The van der Waals surface area contributed by atoms with Gasteiger partial charge in [-0.25, -0.2) is 0 Å². The fourth-order valence-corrected chi connectivity index (χ4v) is 3.08. The third-order valence-electron chi connectivity index (χ3n) is 4.71. The molecule has 18 heavy (non-hydrogen) atoms. The first-order valence-corrected chi connectivity index (χ1v) is 7.24. The van der Waals surface area contributed by atoms with Crippen molar-refractivity contribution in [3.63, 3.8) is 0 Å². The minimum atomic E-state index is -0.654. The van der Waals surface area contributed by atoms with Crippen LogP contribution >= 0.6 is 0 Å². The van der Waals surface area contributed by atoms with Gasteiger partial charge < -0.3 is 10.2 Å². The summed E-state index contributed by atoms with van der Waals surface area (Å²) in [5.41, 5.74) is -0.654. The van der Waals surface area contributed by atoms with Crippen molar-refractivity contribution in [2.24, 2.45) is 0 Å². The molecule has 0 bridgehead atoms. The third-order valence-corrected chi connectivity index (χ3v) is 4.71. The molecule has 1 atom stereocenters. The van der Waals surface area contributed by atoms with Gasteiger partial charge in [0.15, 0.2) is 0 Å². The zero-order valence-corrected chi connectivity index (χ0v) is 11.7. The molecule has 1 unspecified atom stereocenters. The highest BCUT2D eigenvalue weighted by Gasteiger charge is 2.50. The zero-order valence-electron chi connectivity index (χ0n) is 11.7. The summed E-state index contributed by atoms with van der Waals surface area (Å²) in [6.45, 7) is 5.94. The predicted molar refractivity (Wildman–Crippen MR) is 70.0 cm³/mol. The monoisotopic (exact) mass is 252 g/mol. The number of amides is 2. The quantitative estimate of drug-likeness (QED) is 0.830. The Morgan fingerprint density at radius 2 is 1.83 bits per heavy atom. The average molecular weight is 252 g/mol. The van der Waals surface area contributed by atoms with E-state index in [0.29, 0.717) is 25.3 Å². The second-order valence-corrected chi connectivity index (χ2v) is 5.50. The summed E-state index contributed by atoms with van der Waals surface area (Å²) >= 11 is 0. The Bertz CT molecular complexity index is 346. The van der Waals surface area contributed by atoms with Crippen LogP contribution in [0.25, 0.3) is 0 Å². The summed E-state index contributed by atoms with van der Waals surface area (Å²) in [6, 6.07) is 0.0417. The lowest BCUT2D eigenvalue weighted by atomic mass is 9.82. The first kappa shape index (κ1) is 13.4. The third kappa shape index (κ3) is 1.82. The number of hydrogen-bond acceptors (Lipinski definition) is 2. The Hall–Kier alpha value is -1.06. The predicted octanol–water partition coefficient (Wildman–Crippen LogP) is 1.83. The van der Waals surface area contributed by atoms with Gasteiger partial charge in [-0.3, -0.25) is 9.59 Å². The number of carbonyl (C=O) groups is 2. The van der Waals surface area contributed by atoms with Crippen molar-refractivity contribution in [2.45, 2.75) is 76.9 Å². The molecule has 0 radical (unpaired) electrons. The van der Waals surface area contributed by atoms with Crippen LogP contribution in [0, 0.1) is 0 Å². The molecule has 4 nitrogen and oxygen atoms in total. The van der Waals surface area contributed by atoms with Gasteiger partial charge >= 0.3 is 0 Å².